The second kappa shape index (κ2) is 6.50. The molecule has 3 heterocycles. The van der Waals surface area contributed by atoms with Gasteiger partial charge in [0, 0.05) is 45.4 Å². The van der Waals surface area contributed by atoms with Crippen LogP contribution < -0.4 is 0 Å². The lowest BCUT2D eigenvalue weighted by Gasteiger charge is -2.26. The number of aliphatic hydroxyl groups is 1. The highest BCUT2D eigenvalue weighted by Crippen LogP contribution is 2.35. The lowest BCUT2D eigenvalue weighted by atomic mass is 9.85. The Balaban J connectivity index is 1.62. The van der Waals surface area contributed by atoms with Gasteiger partial charge >= 0.3 is 0 Å². The fourth-order valence-electron chi connectivity index (χ4n) is 4.11. The molecule has 1 saturated carbocycles. The second-order valence-electron chi connectivity index (χ2n) is 7.53. The van der Waals surface area contributed by atoms with Crippen LogP contribution in [0.25, 0.3) is 33.1 Å². The molecule has 1 fully saturated rings. The van der Waals surface area contributed by atoms with E-state index in [-0.39, 0.29) is 5.82 Å². The molecule has 0 spiro atoms. The summed E-state index contributed by atoms with van der Waals surface area (Å²) in [6, 6.07) is 7.66. The van der Waals surface area contributed by atoms with Gasteiger partial charge < -0.3 is 15.1 Å². The van der Waals surface area contributed by atoms with Crippen LogP contribution in [0.2, 0.25) is 0 Å². The van der Waals surface area contributed by atoms with E-state index in [9.17, 15) is 9.50 Å². The summed E-state index contributed by atoms with van der Waals surface area (Å²) in [5.41, 5.74) is 2.79. The van der Waals surface area contributed by atoms with E-state index < -0.39 is 5.60 Å². The Labute approximate surface area is 161 Å². The van der Waals surface area contributed by atoms with E-state index in [0.29, 0.717) is 11.2 Å². The number of fused-ring (bicyclic) bond motifs is 2. The van der Waals surface area contributed by atoms with Gasteiger partial charge in [0.25, 0.3) is 0 Å². The molecule has 0 aliphatic heterocycles. The van der Waals surface area contributed by atoms with E-state index in [1.54, 1.807) is 6.20 Å². The largest absolute Gasteiger partial charge is 0.378 e. The zero-order valence-electron chi connectivity index (χ0n) is 15.3. The first-order valence-corrected chi connectivity index (χ1v) is 9.62. The van der Waals surface area contributed by atoms with Crippen LogP contribution in [-0.4, -0.2) is 25.7 Å². The van der Waals surface area contributed by atoms with Crippen LogP contribution in [0.5, 0.6) is 0 Å². The second-order valence-corrected chi connectivity index (χ2v) is 7.53. The van der Waals surface area contributed by atoms with Crippen molar-refractivity contribution < 1.29 is 9.50 Å². The van der Waals surface area contributed by atoms with Crippen molar-refractivity contribution in [3.05, 3.63) is 54.2 Å². The number of hydrogen-bond donors (Lipinski definition) is 3. The first kappa shape index (κ1) is 17.0. The fraction of sp³-hybridized carbons (Fsp3) is 0.261. The summed E-state index contributed by atoms with van der Waals surface area (Å²) in [7, 11) is 0. The number of nitrogens with one attached hydrogen (secondary N) is 2. The summed E-state index contributed by atoms with van der Waals surface area (Å²) in [4.78, 5) is 10.4. The molecule has 5 rings (SSSR count). The topological polar surface area (TPSA) is 64.7 Å². The molecule has 5 heteroatoms. The van der Waals surface area contributed by atoms with Crippen LogP contribution in [-0.2, 0) is 0 Å². The maximum Gasteiger partial charge on any atom is 0.150 e. The molecule has 0 unspecified atom stereocenters. The summed E-state index contributed by atoms with van der Waals surface area (Å²) in [6.07, 6.45) is 9.47. The molecule has 1 aliphatic rings. The van der Waals surface area contributed by atoms with E-state index >= 15 is 0 Å². The van der Waals surface area contributed by atoms with Crippen LogP contribution in [0, 0.1) is 17.7 Å². The number of aromatic nitrogens is 3. The maximum absolute atomic E-state index is 14.7. The van der Waals surface area contributed by atoms with Crippen LogP contribution in [0.1, 0.15) is 37.7 Å². The Kier molecular flexibility index (Phi) is 3.96. The minimum atomic E-state index is -0.886. The zero-order chi connectivity index (χ0) is 19.1. The summed E-state index contributed by atoms with van der Waals surface area (Å²) >= 11 is 0. The molecule has 0 atom stereocenters. The average molecular weight is 373 g/mol. The number of pyridine rings is 1. The molecule has 0 radical (unpaired) electrons. The average Bonchev–Trinajstić information content (AvgIpc) is 3.34. The van der Waals surface area contributed by atoms with Gasteiger partial charge in [0.05, 0.1) is 6.20 Å². The summed E-state index contributed by atoms with van der Waals surface area (Å²) in [5, 5.41) is 12.3. The summed E-state index contributed by atoms with van der Waals surface area (Å²) in [5.74, 6) is 5.85. The lowest BCUT2D eigenvalue weighted by molar-refractivity contribution is 0.0610. The standard InChI is InChI=1S/C23H20FN3O/c24-19-14-27-22-16(7-11-25-22)21(19)18-13-26-20-5-4-15(12-17(18)20)6-10-23(28)8-2-1-3-9-23/h4-5,7,11-14,26,28H,1-3,8-9H2,(H,25,27). The number of halogens is 1. The number of rotatable bonds is 1. The highest BCUT2D eigenvalue weighted by Gasteiger charge is 2.26. The first-order chi connectivity index (χ1) is 13.6. The van der Waals surface area contributed by atoms with Gasteiger partial charge in [-0.2, -0.15) is 0 Å². The summed E-state index contributed by atoms with van der Waals surface area (Å²) < 4.78 is 14.7. The Morgan fingerprint density at radius 2 is 1.93 bits per heavy atom. The fourth-order valence-corrected chi connectivity index (χ4v) is 4.11. The van der Waals surface area contributed by atoms with E-state index in [0.717, 1.165) is 59.5 Å². The number of nitrogens with zero attached hydrogens (tertiary/aromatic N) is 1. The molecule has 4 nitrogen and oxygen atoms in total. The molecule has 140 valence electrons. The molecule has 4 aromatic rings. The SMILES string of the molecule is OC1(C#Cc2ccc3[nH]cc(-c4c(F)cnc5[nH]ccc45)c3c2)CCCCC1. The predicted molar refractivity (Wildman–Crippen MR) is 108 cm³/mol. The van der Waals surface area contributed by atoms with Crippen molar-refractivity contribution in [2.24, 2.45) is 0 Å². The molecule has 3 N–H and O–H groups in total. The van der Waals surface area contributed by atoms with E-state index in [2.05, 4.69) is 26.8 Å². The number of hydrogen-bond acceptors (Lipinski definition) is 2. The number of benzene rings is 1. The highest BCUT2D eigenvalue weighted by molar-refractivity contribution is 6.04. The molecule has 1 aromatic carbocycles. The van der Waals surface area contributed by atoms with Gasteiger partial charge in [0.1, 0.15) is 17.1 Å². The Morgan fingerprint density at radius 3 is 2.79 bits per heavy atom. The molecular weight excluding hydrogens is 353 g/mol. The van der Waals surface area contributed by atoms with Gasteiger partial charge in [-0.25, -0.2) is 9.37 Å². The zero-order valence-corrected chi connectivity index (χ0v) is 15.3. The van der Waals surface area contributed by atoms with E-state index in [1.807, 2.05) is 30.5 Å². The van der Waals surface area contributed by atoms with Crippen molar-refractivity contribution in [2.45, 2.75) is 37.7 Å². The third kappa shape index (κ3) is 2.87. The number of aromatic amines is 2. The van der Waals surface area contributed by atoms with Gasteiger partial charge in [-0.3, -0.25) is 0 Å². The molecule has 1 aliphatic carbocycles. The molecule has 0 amide bonds. The third-order valence-corrected chi connectivity index (χ3v) is 5.61. The quantitative estimate of drug-likeness (QED) is 0.416. The minimum absolute atomic E-state index is 0.360. The van der Waals surface area contributed by atoms with E-state index in [1.165, 1.54) is 6.20 Å². The molecule has 28 heavy (non-hydrogen) atoms. The van der Waals surface area contributed by atoms with Gasteiger partial charge in [0.2, 0.25) is 0 Å². The molecule has 0 bridgehead atoms. The smallest absolute Gasteiger partial charge is 0.150 e. The third-order valence-electron chi connectivity index (χ3n) is 5.61. The van der Waals surface area contributed by atoms with Crippen LogP contribution in [0.15, 0.2) is 42.9 Å². The molecule has 0 saturated heterocycles. The van der Waals surface area contributed by atoms with E-state index in [4.69, 9.17) is 0 Å². The predicted octanol–water partition coefficient (Wildman–Crippen LogP) is 4.90. The van der Waals surface area contributed by atoms with Crippen LogP contribution in [0.3, 0.4) is 0 Å². The Bertz CT molecular complexity index is 1240. The van der Waals surface area contributed by atoms with Crippen molar-refractivity contribution in [1.82, 2.24) is 15.0 Å². The van der Waals surface area contributed by atoms with Crippen molar-refractivity contribution in [3.8, 4) is 23.0 Å². The van der Waals surface area contributed by atoms with Gasteiger partial charge in [-0.1, -0.05) is 18.3 Å². The van der Waals surface area contributed by atoms with Gasteiger partial charge in [-0.05, 0) is 49.9 Å². The van der Waals surface area contributed by atoms with Crippen molar-refractivity contribution >= 4 is 21.9 Å². The minimum Gasteiger partial charge on any atom is -0.378 e. The normalized spacial score (nSPS) is 16.2. The van der Waals surface area contributed by atoms with Gasteiger partial charge in [0.15, 0.2) is 0 Å². The highest BCUT2D eigenvalue weighted by atomic mass is 19.1. The van der Waals surface area contributed by atoms with Crippen LogP contribution in [0.4, 0.5) is 4.39 Å². The van der Waals surface area contributed by atoms with Crippen molar-refractivity contribution in [3.63, 3.8) is 0 Å². The first-order valence-electron chi connectivity index (χ1n) is 9.62. The van der Waals surface area contributed by atoms with Crippen molar-refractivity contribution in [1.29, 1.82) is 0 Å². The van der Waals surface area contributed by atoms with Gasteiger partial charge in [-0.15, -0.1) is 0 Å². The molecule has 3 aromatic heterocycles. The maximum atomic E-state index is 14.7. The van der Waals surface area contributed by atoms with Crippen LogP contribution >= 0.6 is 0 Å². The van der Waals surface area contributed by atoms with Crippen molar-refractivity contribution in [2.75, 3.05) is 0 Å². The molecular formula is C23H20FN3O. The Morgan fingerprint density at radius 1 is 1.07 bits per heavy atom. The number of H-pyrrole nitrogens is 2. The monoisotopic (exact) mass is 373 g/mol. The lowest BCUT2D eigenvalue weighted by Crippen LogP contribution is -2.29. The summed E-state index contributed by atoms with van der Waals surface area (Å²) in [6.45, 7) is 0. The Hall–Kier alpha value is -3.10.